The molecule has 0 saturated carbocycles. The first-order valence-corrected chi connectivity index (χ1v) is 18.3. The molecule has 5 nitrogen and oxygen atoms in total. The molecule has 0 aliphatic heterocycles. The monoisotopic (exact) mass is 699 g/mol. The van der Waals surface area contributed by atoms with Gasteiger partial charge in [0.15, 0.2) is 0 Å². The predicted octanol–water partition coefficient (Wildman–Crippen LogP) is 12.4. The van der Waals surface area contributed by atoms with Crippen LogP contribution in [0, 0.1) is 22.7 Å². The highest BCUT2D eigenvalue weighted by molar-refractivity contribution is 6.13. The van der Waals surface area contributed by atoms with Gasteiger partial charge in [-0.1, -0.05) is 109 Å². The van der Waals surface area contributed by atoms with Gasteiger partial charge in [-0.05, 0) is 72.3 Å². The third-order valence-electron chi connectivity index (χ3n) is 11.1. The van der Waals surface area contributed by atoms with Crippen LogP contribution in [0.4, 0.5) is 0 Å². The minimum Gasteiger partial charge on any atom is -0.309 e. The molecule has 3 heterocycles. The Kier molecular flexibility index (Phi) is 6.61. The molecule has 0 spiro atoms. The number of hydrogen-bond acceptors (Lipinski definition) is 2. The molecule has 0 aliphatic rings. The van der Waals surface area contributed by atoms with Crippen molar-refractivity contribution in [2.75, 3.05) is 0 Å². The van der Waals surface area contributed by atoms with Gasteiger partial charge in [-0.2, -0.15) is 10.5 Å². The summed E-state index contributed by atoms with van der Waals surface area (Å²) in [5, 5.41) is 27.8. The molecule has 0 saturated heterocycles. The first-order chi connectivity index (χ1) is 27.2. The molecule has 0 atom stereocenters. The minimum absolute atomic E-state index is 0.561. The van der Waals surface area contributed by atoms with Crippen LogP contribution in [-0.2, 0) is 0 Å². The fourth-order valence-electron chi connectivity index (χ4n) is 8.86. The molecule has 8 aromatic carbocycles. The molecular weight excluding hydrogens is 671 g/mol. The van der Waals surface area contributed by atoms with E-state index in [4.69, 9.17) is 0 Å². The largest absolute Gasteiger partial charge is 0.309 e. The molecule has 11 aromatic rings. The van der Waals surface area contributed by atoms with E-state index in [0.29, 0.717) is 11.1 Å². The predicted molar refractivity (Wildman–Crippen MR) is 224 cm³/mol. The second-order valence-electron chi connectivity index (χ2n) is 14.0. The van der Waals surface area contributed by atoms with E-state index in [0.717, 1.165) is 77.4 Å². The fraction of sp³-hybridized carbons (Fsp3) is 0. The molecule has 0 fully saturated rings. The second-order valence-corrected chi connectivity index (χ2v) is 14.0. The van der Waals surface area contributed by atoms with E-state index in [1.54, 1.807) is 0 Å². The maximum absolute atomic E-state index is 10.6. The van der Waals surface area contributed by atoms with Crippen molar-refractivity contribution in [1.29, 1.82) is 10.5 Å². The molecule has 0 amide bonds. The molecule has 0 bridgehead atoms. The lowest BCUT2D eigenvalue weighted by Gasteiger charge is -2.17. The molecule has 5 heteroatoms. The Morgan fingerprint density at radius 2 is 0.818 bits per heavy atom. The van der Waals surface area contributed by atoms with Crippen LogP contribution >= 0.6 is 0 Å². The van der Waals surface area contributed by atoms with E-state index in [2.05, 4.69) is 165 Å². The van der Waals surface area contributed by atoms with E-state index in [-0.39, 0.29) is 0 Å². The van der Waals surface area contributed by atoms with Gasteiger partial charge >= 0.3 is 0 Å². The van der Waals surface area contributed by atoms with Crippen molar-refractivity contribution in [2.45, 2.75) is 0 Å². The summed E-state index contributed by atoms with van der Waals surface area (Å²) < 4.78 is 6.86. The molecule has 3 aromatic heterocycles. The Hall–Kier alpha value is -7.86. The van der Waals surface area contributed by atoms with Crippen LogP contribution in [0.15, 0.2) is 176 Å². The summed E-state index contributed by atoms with van der Waals surface area (Å²) in [5.41, 5.74) is 12.1. The highest BCUT2D eigenvalue weighted by Crippen LogP contribution is 2.41. The van der Waals surface area contributed by atoms with Crippen LogP contribution in [0.5, 0.6) is 0 Å². The first kappa shape index (κ1) is 30.7. The number of nitrogens with zero attached hydrogens (tertiary/aromatic N) is 5. The standard InChI is InChI=1S/C50H29N5/c51-30-33-13-11-25-47(55-46-24-8-4-19-40(46)42-20-10-14-34(31-52)50(42)55)49(33)32-12-9-15-35(28-32)54-45-23-7-3-18-39(45)41-27-26-36(29-48(41)54)53-43-21-5-1-16-37(43)38-17-2-6-22-44(38)53/h1-29H. The summed E-state index contributed by atoms with van der Waals surface area (Å²) in [6.07, 6.45) is 0. The third-order valence-corrected chi connectivity index (χ3v) is 11.1. The summed E-state index contributed by atoms with van der Waals surface area (Å²) in [7, 11) is 0. The van der Waals surface area contributed by atoms with Crippen molar-refractivity contribution in [3.8, 4) is 40.3 Å². The number of nitriles is 2. The lowest BCUT2D eigenvalue weighted by molar-refractivity contribution is 1.15. The normalized spacial score (nSPS) is 11.6. The van der Waals surface area contributed by atoms with E-state index in [9.17, 15) is 10.5 Å². The van der Waals surface area contributed by atoms with Gasteiger partial charge in [0.25, 0.3) is 0 Å². The van der Waals surface area contributed by atoms with Crippen molar-refractivity contribution in [3.05, 3.63) is 187 Å². The molecule has 254 valence electrons. The third kappa shape index (κ3) is 4.39. The zero-order valence-electron chi connectivity index (χ0n) is 29.5. The van der Waals surface area contributed by atoms with Gasteiger partial charge in [0.05, 0.1) is 56.0 Å². The highest BCUT2D eigenvalue weighted by atomic mass is 15.0. The van der Waals surface area contributed by atoms with Gasteiger partial charge in [0.1, 0.15) is 6.07 Å². The van der Waals surface area contributed by atoms with Crippen LogP contribution in [0.1, 0.15) is 11.1 Å². The molecular formula is C50H29N5. The van der Waals surface area contributed by atoms with Crippen LogP contribution in [0.25, 0.3) is 93.6 Å². The lowest BCUT2D eigenvalue weighted by Crippen LogP contribution is -2.01. The smallest absolute Gasteiger partial charge is 0.101 e. The van der Waals surface area contributed by atoms with Crippen molar-refractivity contribution in [2.24, 2.45) is 0 Å². The Morgan fingerprint density at radius 3 is 1.45 bits per heavy atom. The van der Waals surface area contributed by atoms with Crippen LogP contribution in [0.2, 0.25) is 0 Å². The topological polar surface area (TPSA) is 62.4 Å². The summed E-state index contributed by atoms with van der Waals surface area (Å²) in [5.74, 6) is 0. The summed E-state index contributed by atoms with van der Waals surface area (Å²) in [6, 6.07) is 65.9. The maximum Gasteiger partial charge on any atom is 0.101 e. The quantitative estimate of drug-likeness (QED) is 0.184. The summed E-state index contributed by atoms with van der Waals surface area (Å²) >= 11 is 0. The van der Waals surface area contributed by atoms with Gasteiger partial charge in [0.2, 0.25) is 0 Å². The molecule has 0 unspecified atom stereocenters. The highest BCUT2D eigenvalue weighted by Gasteiger charge is 2.21. The van der Waals surface area contributed by atoms with Gasteiger partial charge in [0, 0.05) is 49.3 Å². The summed E-state index contributed by atoms with van der Waals surface area (Å²) in [4.78, 5) is 0. The van der Waals surface area contributed by atoms with Crippen molar-refractivity contribution >= 4 is 65.4 Å². The molecule has 11 rings (SSSR count). The van der Waals surface area contributed by atoms with Gasteiger partial charge in [-0.3, -0.25) is 0 Å². The Balaban J connectivity index is 1.18. The Morgan fingerprint density at radius 1 is 0.345 bits per heavy atom. The minimum atomic E-state index is 0.561. The van der Waals surface area contributed by atoms with Crippen LogP contribution in [0.3, 0.4) is 0 Å². The number of aromatic nitrogens is 3. The number of benzene rings is 8. The van der Waals surface area contributed by atoms with E-state index in [1.807, 2.05) is 36.4 Å². The number of rotatable bonds is 4. The number of hydrogen-bond donors (Lipinski definition) is 0. The van der Waals surface area contributed by atoms with E-state index < -0.39 is 0 Å². The Labute approximate surface area is 316 Å². The molecule has 0 radical (unpaired) electrons. The number of fused-ring (bicyclic) bond motifs is 9. The molecule has 55 heavy (non-hydrogen) atoms. The van der Waals surface area contributed by atoms with Gasteiger partial charge in [-0.25, -0.2) is 0 Å². The van der Waals surface area contributed by atoms with Crippen LogP contribution < -0.4 is 0 Å². The first-order valence-electron chi connectivity index (χ1n) is 18.3. The molecule has 0 N–H and O–H groups in total. The van der Waals surface area contributed by atoms with E-state index >= 15 is 0 Å². The van der Waals surface area contributed by atoms with Crippen molar-refractivity contribution in [1.82, 2.24) is 13.7 Å². The fourth-order valence-corrected chi connectivity index (χ4v) is 8.86. The van der Waals surface area contributed by atoms with Crippen molar-refractivity contribution in [3.63, 3.8) is 0 Å². The van der Waals surface area contributed by atoms with Gasteiger partial charge < -0.3 is 13.7 Å². The lowest BCUT2D eigenvalue weighted by atomic mass is 9.97. The Bertz CT molecular complexity index is 3420. The summed E-state index contributed by atoms with van der Waals surface area (Å²) in [6.45, 7) is 0. The maximum atomic E-state index is 10.6. The van der Waals surface area contributed by atoms with E-state index in [1.165, 1.54) is 16.2 Å². The van der Waals surface area contributed by atoms with Crippen LogP contribution in [-0.4, -0.2) is 13.7 Å². The average Bonchev–Trinajstić information content (AvgIpc) is 3.89. The average molecular weight is 700 g/mol. The zero-order valence-corrected chi connectivity index (χ0v) is 29.5. The SMILES string of the molecule is N#Cc1cccc(-n2c3ccccc3c3cccc(C#N)c32)c1-c1cccc(-n2c3ccccc3c3ccc(-n4c5ccccc5c5ccccc54)cc32)c1. The second kappa shape index (κ2) is 11.8. The zero-order chi connectivity index (χ0) is 36.6. The number of para-hydroxylation sites is 5. The van der Waals surface area contributed by atoms with Gasteiger partial charge in [-0.15, -0.1) is 0 Å². The van der Waals surface area contributed by atoms with Crippen molar-refractivity contribution < 1.29 is 0 Å². The molecule has 0 aliphatic carbocycles.